The van der Waals surface area contributed by atoms with E-state index in [0.717, 1.165) is 19.6 Å². The van der Waals surface area contributed by atoms with Gasteiger partial charge in [0.15, 0.2) is 0 Å². The minimum atomic E-state index is 0.359. The van der Waals surface area contributed by atoms with Gasteiger partial charge in [0.1, 0.15) is 0 Å². The van der Waals surface area contributed by atoms with E-state index >= 15 is 0 Å². The van der Waals surface area contributed by atoms with E-state index in [1.54, 1.807) is 10.4 Å². The average molecular weight is 237 g/mol. The van der Waals surface area contributed by atoms with Crippen molar-refractivity contribution in [1.29, 1.82) is 0 Å². The lowest BCUT2D eigenvalue weighted by atomic mass is 9.99. The van der Waals surface area contributed by atoms with E-state index in [-0.39, 0.29) is 0 Å². The molecule has 0 bridgehead atoms. The van der Waals surface area contributed by atoms with Crippen molar-refractivity contribution in [3.8, 4) is 0 Å². The molecule has 88 valence electrons. The molecule has 2 nitrogen and oxygen atoms in total. The Morgan fingerprint density at radius 1 is 1.31 bits per heavy atom. The average Bonchev–Trinajstić information content (AvgIpc) is 2.65. The van der Waals surface area contributed by atoms with E-state index in [0.29, 0.717) is 12.5 Å². The molecule has 16 heavy (non-hydrogen) atoms. The predicted molar refractivity (Wildman–Crippen MR) is 66.8 cm³/mol. The van der Waals surface area contributed by atoms with E-state index in [2.05, 4.69) is 11.0 Å². The van der Waals surface area contributed by atoms with Crippen LogP contribution in [0, 0.1) is 5.92 Å². The lowest BCUT2D eigenvalue weighted by molar-refractivity contribution is 0.0487. The highest BCUT2D eigenvalue weighted by molar-refractivity contribution is 7.12. The quantitative estimate of drug-likeness (QED) is 0.870. The summed E-state index contributed by atoms with van der Waals surface area (Å²) in [6.07, 6.45) is 5.35. The Morgan fingerprint density at radius 3 is 2.88 bits per heavy atom. The first-order valence-electron chi connectivity index (χ1n) is 6.29. The van der Waals surface area contributed by atoms with Gasteiger partial charge < -0.3 is 5.11 Å². The summed E-state index contributed by atoms with van der Waals surface area (Å²) in [7, 11) is 0. The fraction of sp³-hybridized carbons (Fsp3) is 0.692. The molecular formula is C13H19NOS. The smallest absolute Gasteiger partial charge is 0.0483 e. The van der Waals surface area contributed by atoms with Gasteiger partial charge in [-0.15, -0.1) is 11.3 Å². The molecule has 1 aromatic heterocycles. The number of hydrogen-bond donors (Lipinski definition) is 1. The Kier molecular flexibility index (Phi) is 3.01. The zero-order valence-corrected chi connectivity index (χ0v) is 10.4. The highest BCUT2D eigenvalue weighted by atomic mass is 32.1. The van der Waals surface area contributed by atoms with Crippen molar-refractivity contribution in [3.05, 3.63) is 21.4 Å². The molecule has 1 N–H and O–H groups in total. The van der Waals surface area contributed by atoms with E-state index in [1.165, 1.54) is 30.6 Å². The molecule has 1 saturated heterocycles. The SMILES string of the molecule is OCC1CN(Cc2cc3c(s2)CCCC3)C1. The van der Waals surface area contributed by atoms with Crippen molar-refractivity contribution in [2.45, 2.75) is 32.2 Å². The van der Waals surface area contributed by atoms with Crippen LogP contribution >= 0.6 is 11.3 Å². The number of thiophene rings is 1. The summed E-state index contributed by atoms with van der Waals surface area (Å²) in [6, 6.07) is 2.42. The highest BCUT2D eigenvalue weighted by Gasteiger charge is 2.26. The van der Waals surface area contributed by atoms with Crippen LogP contribution in [-0.2, 0) is 19.4 Å². The van der Waals surface area contributed by atoms with Crippen molar-refractivity contribution in [2.75, 3.05) is 19.7 Å². The zero-order valence-electron chi connectivity index (χ0n) is 9.61. The Hall–Kier alpha value is -0.380. The second kappa shape index (κ2) is 4.47. The fourth-order valence-electron chi connectivity index (χ4n) is 2.77. The van der Waals surface area contributed by atoms with Crippen LogP contribution in [0.1, 0.15) is 28.2 Å². The minimum absolute atomic E-state index is 0.359. The molecule has 3 heteroatoms. The molecule has 2 aliphatic rings. The molecule has 0 spiro atoms. The molecule has 1 aromatic rings. The van der Waals surface area contributed by atoms with Gasteiger partial charge in [0.05, 0.1) is 0 Å². The summed E-state index contributed by atoms with van der Waals surface area (Å²) in [5, 5.41) is 8.98. The molecule has 2 heterocycles. The maximum atomic E-state index is 8.98. The third kappa shape index (κ3) is 2.04. The fourth-order valence-corrected chi connectivity index (χ4v) is 4.08. The van der Waals surface area contributed by atoms with E-state index in [1.807, 2.05) is 11.3 Å². The Labute approximate surface area is 101 Å². The van der Waals surface area contributed by atoms with Crippen molar-refractivity contribution in [1.82, 2.24) is 4.90 Å². The molecule has 1 aliphatic heterocycles. The van der Waals surface area contributed by atoms with Crippen LogP contribution in [0.5, 0.6) is 0 Å². The maximum Gasteiger partial charge on any atom is 0.0483 e. The molecule has 0 amide bonds. The van der Waals surface area contributed by atoms with Gasteiger partial charge in [-0.2, -0.15) is 0 Å². The number of aliphatic hydroxyl groups is 1. The van der Waals surface area contributed by atoms with Gasteiger partial charge in [-0.3, -0.25) is 4.90 Å². The van der Waals surface area contributed by atoms with E-state index < -0.39 is 0 Å². The van der Waals surface area contributed by atoms with E-state index in [9.17, 15) is 0 Å². The third-order valence-electron chi connectivity index (χ3n) is 3.72. The number of rotatable bonds is 3. The number of likely N-dealkylation sites (tertiary alicyclic amines) is 1. The summed E-state index contributed by atoms with van der Waals surface area (Å²) >= 11 is 2.02. The number of aryl methyl sites for hydroxylation is 2. The first kappa shape index (κ1) is 10.8. The molecule has 0 radical (unpaired) electrons. The van der Waals surface area contributed by atoms with Crippen molar-refractivity contribution >= 4 is 11.3 Å². The lowest BCUT2D eigenvalue weighted by Crippen LogP contribution is -2.47. The summed E-state index contributed by atoms with van der Waals surface area (Å²) in [5.41, 5.74) is 1.62. The van der Waals surface area contributed by atoms with Crippen LogP contribution in [0.2, 0.25) is 0 Å². The van der Waals surface area contributed by atoms with Gasteiger partial charge in [-0.05, 0) is 37.3 Å². The maximum absolute atomic E-state index is 8.98. The van der Waals surface area contributed by atoms with Crippen LogP contribution in [-0.4, -0.2) is 29.7 Å². The van der Waals surface area contributed by atoms with Gasteiger partial charge in [0.2, 0.25) is 0 Å². The number of hydrogen-bond acceptors (Lipinski definition) is 3. The molecular weight excluding hydrogens is 218 g/mol. The van der Waals surface area contributed by atoms with Gasteiger partial charge >= 0.3 is 0 Å². The zero-order chi connectivity index (χ0) is 11.0. The van der Waals surface area contributed by atoms with Crippen LogP contribution in [0.3, 0.4) is 0 Å². The van der Waals surface area contributed by atoms with Crippen LogP contribution in [0.15, 0.2) is 6.07 Å². The number of nitrogens with zero attached hydrogens (tertiary/aromatic N) is 1. The monoisotopic (exact) mass is 237 g/mol. The number of aliphatic hydroxyl groups excluding tert-OH is 1. The molecule has 0 saturated carbocycles. The third-order valence-corrected chi connectivity index (χ3v) is 4.94. The molecule has 0 unspecified atom stereocenters. The first-order chi connectivity index (χ1) is 7.85. The first-order valence-corrected chi connectivity index (χ1v) is 7.10. The topological polar surface area (TPSA) is 23.5 Å². The van der Waals surface area contributed by atoms with Crippen molar-refractivity contribution < 1.29 is 5.11 Å². The Balaban J connectivity index is 1.61. The largest absolute Gasteiger partial charge is 0.396 e. The van der Waals surface area contributed by atoms with Crippen LogP contribution in [0.25, 0.3) is 0 Å². The second-order valence-corrected chi connectivity index (χ2v) is 6.33. The normalized spacial score (nSPS) is 21.8. The summed E-state index contributed by atoms with van der Waals surface area (Å²) in [6.45, 7) is 3.63. The van der Waals surface area contributed by atoms with Crippen molar-refractivity contribution in [3.63, 3.8) is 0 Å². The Bertz CT molecular complexity index is 345. The second-order valence-electron chi connectivity index (χ2n) is 5.11. The van der Waals surface area contributed by atoms with Gasteiger partial charge in [0.25, 0.3) is 0 Å². The molecule has 3 rings (SSSR count). The van der Waals surface area contributed by atoms with E-state index in [4.69, 9.17) is 5.11 Å². The van der Waals surface area contributed by atoms with Crippen LogP contribution < -0.4 is 0 Å². The molecule has 1 fully saturated rings. The standard InChI is InChI=1S/C13H19NOS/c15-9-10-6-14(7-10)8-12-5-11-3-1-2-4-13(11)16-12/h5,10,15H,1-4,6-9H2. The molecule has 0 aromatic carbocycles. The van der Waals surface area contributed by atoms with Gasteiger partial charge in [0, 0.05) is 41.9 Å². The lowest BCUT2D eigenvalue weighted by Gasteiger charge is -2.37. The summed E-state index contributed by atoms with van der Waals surface area (Å²) in [5.74, 6) is 0.537. The highest BCUT2D eigenvalue weighted by Crippen LogP contribution is 2.31. The van der Waals surface area contributed by atoms with Gasteiger partial charge in [-0.25, -0.2) is 0 Å². The van der Waals surface area contributed by atoms with Gasteiger partial charge in [-0.1, -0.05) is 0 Å². The molecule has 1 aliphatic carbocycles. The Morgan fingerprint density at radius 2 is 2.12 bits per heavy atom. The predicted octanol–water partition coefficient (Wildman–Crippen LogP) is 2.05. The summed E-state index contributed by atoms with van der Waals surface area (Å²) < 4.78 is 0. The summed E-state index contributed by atoms with van der Waals surface area (Å²) in [4.78, 5) is 5.61. The van der Waals surface area contributed by atoms with Crippen LogP contribution in [0.4, 0.5) is 0 Å². The minimum Gasteiger partial charge on any atom is -0.396 e. The van der Waals surface area contributed by atoms with Crippen molar-refractivity contribution in [2.24, 2.45) is 5.92 Å². The molecule has 0 atom stereocenters. The number of fused-ring (bicyclic) bond motifs is 1.